The third kappa shape index (κ3) is 6.04. The zero-order valence-corrected chi connectivity index (χ0v) is 20.7. The van der Waals surface area contributed by atoms with Crippen molar-refractivity contribution in [2.75, 3.05) is 25.9 Å². The first-order chi connectivity index (χ1) is 13.7. The number of benzene rings is 1. The molecule has 0 saturated carbocycles. The molecule has 0 bridgehead atoms. The molecule has 1 aromatic rings. The van der Waals surface area contributed by atoms with E-state index in [-0.39, 0.29) is 22.4 Å². The molecule has 6 heteroatoms. The standard InChI is InChI=1S/C24H40ClN3O2/c1-22(2,3)28-11-9-16(10-12-28)23(4,5)15-24(6,7)27-21(29)17-13-18(25)19(26)14-20(17)30-8/h13-14,16H,9-12,15,26H2,1-8H3,(H,27,29). The summed E-state index contributed by atoms with van der Waals surface area (Å²) >= 11 is 6.15. The lowest BCUT2D eigenvalue weighted by atomic mass is 9.67. The van der Waals surface area contributed by atoms with Crippen LogP contribution in [0.4, 0.5) is 5.69 Å². The molecule has 0 aliphatic carbocycles. The Bertz CT molecular complexity index is 760. The number of nitrogens with two attached hydrogens (primary N) is 1. The predicted octanol–water partition coefficient (Wildman–Crippen LogP) is 5.37. The molecule has 1 aliphatic rings. The monoisotopic (exact) mass is 437 g/mol. The zero-order chi connectivity index (χ0) is 22.9. The van der Waals surface area contributed by atoms with E-state index in [2.05, 4.69) is 58.7 Å². The smallest absolute Gasteiger partial charge is 0.255 e. The number of nitrogens with one attached hydrogen (secondary N) is 1. The first-order valence-electron chi connectivity index (χ1n) is 10.9. The highest BCUT2D eigenvalue weighted by Gasteiger charge is 2.39. The van der Waals surface area contributed by atoms with Gasteiger partial charge in [-0.3, -0.25) is 9.69 Å². The largest absolute Gasteiger partial charge is 0.496 e. The van der Waals surface area contributed by atoms with Gasteiger partial charge in [0.15, 0.2) is 0 Å². The number of amides is 1. The van der Waals surface area contributed by atoms with Gasteiger partial charge in [0.1, 0.15) is 5.75 Å². The Hall–Kier alpha value is -1.46. The van der Waals surface area contributed by atoms with Crippen molar-refractivity contribution >= 4 is 23.2 Å². The number of nitrogen functional groups attached to an aromatic ring is 1. The number of nitrogens with zero attached hydrogens (tertiary/aromatic N) is 1. The van der Waals surface area contributed by atoms with Crippen LogP contribution >= 0.6 is 11.6 Å². The number of hydrogen-bond donors (Lipinski definition) is 2. The van der Waals surface area contributed by atoms with Gasteiger partial charge in [-0.2, -0.15) is 0 Å². The van der Waals surface area contributed by atoms with E-state index in [0.29, 0.717) is 27.9 Å². The van der Waals surface area contributed by atoms with Crippen molar-refractivity contribution in [3.05, 3.63) is 22.7 Å². The Morgan fingerprint density at radius 1 is 1.17 bits per heavy atom. The molecular formula is C24H40ClN3O2. The van der Waals surface area contributed by atoms with Gasteiger partial charge in [0, 0.05) is 17.1 Å². The minimum absolute atomic E-state index is 0.115. The van der Waals surface area contributed by atoms with E-state index in [1.54, 1.807) is 12.1 Å². The van der Waals surface area contributed by atoms with Gasteiger partial charge in [-0.25, -0.2) is 0 Å². The van der Waals surface area contributed by atoms with Crippen LogP contribution in [0.1, 0.15) is 78.1 Å². The molecule has 170 valence electrons. The number of likely N-dealkylation sites (tertiary alicyclic amines) is 1. The van der Waals surface area contributed by atoms with Crippen molar-refractivity contribution in [1.29, 1.82) is 0 Å². The molecule has 3 N–H and O–H groups in total. The van der Waals surface area contributed by atoms with Crippen molar-refractivity contribution < 1.29 is 9.53 Å². The molecule has 2 rings (SSSR count). The molecule has 1 aromatic carbocycles. The van der Waals surface area contributed by atoms with Crippen LogP contribution in [0.2, 0.25) is 5.02 Å². The minimum atomic E-state index is -0.374. The Labute approximate surface area is 187 Å². The average Bonchev–Trinajstić information content (AvgIpc) is 2.61. The molecule has 30 heavy (non-hydrogen) atoms. The number of hydrogen-bond acceptors (Lipinski definition) is 4. The number of carbonyl (C=O) groups is 1. The highest BCUT2D eigenvalue weighted by Crippen LogP contribution is 2.42. The third-order valence-corrected chi connectivity index (χ3v) is 6.79. The Morgan fingerprint density at radius 3 is 2.23 bits per heavy atom. The maximum atomic E-state index is 13.0. The average molecular weight is 438 g/mol. The summed E-state index contributed by atoms with van der Waals surface area (Å²) < 4.78 is 5.35. The normalized spacial score (nSPS) is 17.1. The molecule has 1 amide bonds. The summed E-state index contributed by atoms with van der Waals surface area (Å²) in [5.74, 6) is 0.865. The van der Waals surface area contributed by atoms with E-state index in [4.69, 9.17) is 22.1 Å². The second-order valence-corrected chi connectivity index (χ2v) is 11.4. The van der Waals surface area contributed by atoms with Crippen LogP contribution < -0.4 is 15.8 Å². The van der Waals surface area contributed by atoms with E-state index in [1.807, 2.05) is 0 Å². The van der Waals surface area contributed by atoms with E-state index >= 15 is 0 Å². The fourth-order valence-electron chi connectivity index (χ4n) is 4.95. The van der Waals surface area contributed by atoms with E-state index in [9.17, 15) is 4.79 Å². The second kappa shape index (κ2) is 8.96. The minimum Gasteiger partial charge on any atom is -0.496 e. The van der Waals surface area contributed by atoms with Gasteiger partial charge >= 0.3 is 0 Å². The molecule has 1 saturated heterocycles. The Morgan fingerprint density at radius 2 is 1.73 bits per heavy atom. The van der Waals surface area contributed by atoms with E-state index in [1.165, 1.54) is 20.0 Å². The van der Waals surface area contributed by atoms with Crippen LogP contribution in [0.5, 0.6) is 5.75 Å². The van der Waals surface area contributed by atoms with Crippen LogP contribution in [0.15, 0.2) is 12.1 Å². The molecule has 5 nitrogen and oxygen atoms in total. The second-order valence-electron chi connectivity index (χ2n) is 11.0. The number of halogens is 1. The lowest BCUT2D eigenvalue weighted by Gasteiger charge is -2.47. The summed E-state index contributed by atoms with van der Waals surface area (Å²) in [6, 6.07) is 3.17. The van der Waals surface area contributed by atoms with Gasteiger partial charge in [-0.1, -0.05) is 25.4 Å². The molecule has 1 heterocycles. The van der Waals surface area contributed by atoms with Crippen molar-refractivity contribution in [3.8, 4) is 5.75 Å². The van der Waals surface area contributed by atoms with E-state index < -0.39 is 0 Å². The van der Waals surface area contributed by atoms with Crippen LogP contribution in [-0.4, -0.2) is 42.1 Å². The highest BCUT2D eigenvalue weighted by molar-refractivity contribution is 6.33. The molecule has 0 spiro atoms. The van der Waals surface area contributed by atoms with Crippen LogP contribution in [-0.2, 0) is 0 Å². The number of piperidine rings is 1. The number of methoxy groups -OCH3 is 1. The number of carbonyl (C=O) groups excluding carboxylic acids is 1. The van der Waals surface area contributed by atoms with Crippen molar-refractivity contribution in [1.82, 2.24) is 10.2 Å². The third-order valence-electron chi connectivity index (χ3n) is 6.46. The molecular weight excluding hydrogens is 398 g/mol. The van der Waals surface area contributed by atoms with Crippen molar-refractivity contribution in [3.63, 3.8) is 0 Å². The summed E-state index contributed by atoms with van der Waals surface area (Å²) in [7, 11) is 1.53. The first kappa shape index (κ1) is 24.8. The quantitative estimate of drug-likeness (QED) is 0.587. The lowest BCUT2D eigenvalue weighted by molar-refractivity contribution is 0.0331. The summed E-state index contributed by atoms with van der Waals surface area (Å²) in [5, 5.41) is 3.54. The Balaban J connectivity index is 2.07. The maximum Gasteiger partial charge on any atom is 0.255 e. The van der Waals surface area contributed by atoms with Crippen molar-refractivity contribution in [2.45, 2.75) is 78.8 Å². The SMILES string of the molecule is COc1cc(N)c(Cl)cc1C(=O)NC(C)(C)CC(C)(C)C1CCN(C(C)(C)C)CC1. The summed E-state index contributed by atoms with van der Waals surface area (Å²) in [6.45, 7) is 18.0. The fourth-order valence-corrected chi connectivity index (χ4v) is 5.11. The summed E-state index contributed by atoms with van der Waals surface area (Å²) in [4.78, 5) is 15.6. The zero-order valence-electron chi connectivity index (χ0n) is 20.0. The summed E-state index contributed by atoms with van der Waals surface area (Å²) in [5.41, 5.74) is 6.61. The number of anilines is 1. The van der Waals surface area contributed by atoms with Crippen LogP contribution in [0.25, 0.3) is 0 Å². The lowest BCUT2D eigenvalue weighted by Crippen LogP contribution is -2.51. The van der Waals surface area contributed by atoms with Crippen molar-refractivity contribution in [2.24, 2.45) is 11.3 Å². The highest BCUT2D eigenvalue weighted by atomic mass is 35.5. The molecule has 0 unspecified atom stereocenters. The van der Waals surface area contributed by atoms with Crippen LogP contribution in [0.3, 0.4) is 0 Å². The Kier molecular flexibility index (Phi) is 7.41. The van der Waals surface area contributed by atoms with Gasteiger partial charge in [0.25, 0.3) is 5.91 Å². The molecule has 0 radical (unpaired) electrons. The molecule has 1 fully saturated rings. The van der Waals surface area contributed by atoms with Gasteiger partial charge in [-0.15, -0.1) is 0 Å². The molecule has 0 aromatic heterocycles. The van der Waals surface area contributed by atoms with E-state index in [0.717, 1.165) is 19.5 Å². The van der Waals surface area contributed by atoms with Gasteiger partial charge in [0.2, 0.25) is 0 Å². The van der Waals surface area contributed by atoms with Gasteiger partial charge in [-0.05, 0) is 84.4 Å². The number of rotatable bonds is 6. The predicted molar refractivity (Wildman–Crippen MR) is 126 cm³/mol. The van der Waals surface area contributed by atoms with Gasteiger partial charge in [0.05, 0.1) is 23.4 Å². The molecule has 1 aliphatic heterocycles. The summed E-state index contributed by atoms with van der Waals surface area (Å²) in [6.07, 6.45) is 3.27. The number of ether oxygens (including phenoxy) is 1. The van der Waals surface area contributed by atoms with Crippen LogP contribution in [0, 0.1) is 11.3 Å². The maximum absolute atomic E-state index is 13.0. The fraction of sp³-hybridized carbons (Fsp3) is 0.708. The topological polar surface area (TPSA) is 67.6 Å². The van der Waals surface area contributed by atoms with Gasteiger partial charge < -0.3 is 15.8 Å². The first-order valence-corrected chi connectivity index (χ1v) is 11.2. The molecule has 0 atom stereocenters.